The van der Waals surface area contributed by atoms with Crippen LogP contribution in [-0.2, 0) is 13.6 Å². The summed E-state index contributed by atoms with van der Waals surface area (Å²) in [6.45, 7) is 2.10. The first-order chi connectivity index (χ1) is 8.50. The second kappa shape index (κ2) is 7.01. The highest BCUT2D eigenvalue weighted by atomic mass is 31.2. The number of carboxylic acids is 1. The minimum absolute atomic E-state index is 0.239. The summed E-state index contributed by atoms with van der Waals surface area (Å²) in [5, 5.41) is 9.69. The van der Waals surface area contributed by atoms with Gasteiger partial charge in [0.15, 0.2) is 0 Å². The molecule has 1 aromatic carbocycles. The molecule has 100 valence electrons. The van der Waals surface area contributed by atoms with Crippen LogP contribution < -0.4 is 5.30 Å². The minimum Gasteiger partial charge on any atom is -0.478 e. The van der Waals surface area contributed by atoms with E-state index in [-0.39, 0.29) is 14.1 Å². The Morgan fingerprint density at radius 1 is 1.39 bits per heavy atom. The fourth-order valence-electron chi connectivity index (χ4n) is 1.28. The lowest BCUT2D eigenvalue weighted by atomic mass is 10.2. The molecule has 18 heavy (non-hydrogen) atoms. The third kappa shape index (κ3) is 4.51. The minimum atomic E-state index is -3.00. The van der Waals surface area contributed by atoms with Crippen molar-refractivity contribution >= 4 is 27.5 Å². The molecule has 2 unspecified atom stereocenters. The Morgan fingerprint density at radius 3 is 2.44 bits per heavy atom. The van der Waals surface area contributed by atoms with Crippen LogP contribution in [-0.4, -0.2) is 30.7 Å². The van der Waals surface area contributed by atoms with Crippen LogP contribution in [0, 0.1) is 0 Å². The first-order valence-electron chi connectivity index (χ1n) is 5.37. The molecule has 0 aliphatic heterocycles. The van der Waals surface area contributed by atoms with E-state index in [2.05, 4.69) is 0 Å². The highest BCUT2D eigenvalue weighted by molar-refractivity contribution is 7.68. The fourth-order valence-corrected chi connectivity index (χ4v) is 4.57. The van der Waals surface area contributed by atoms with Crippen molar-refractivity contribution in [3.8, 4) is 0 Å². The Morgan fingerprint density at radius 2 is 2.00 bits per heavy atom. The summed E-state index contributed by atoms with van der Waals surface area (Å²) in [6, 6.07) is 6.49. The zero-order chi connectivity index (χ0) is 13.6. The number of hydrogen-bond donors (Lipinski definition) is 1. The molecule has 0 heterocycles. The third-order valence-electron chi connectivity index (χ3n) is 2.21. The van der Waals surface area contributed by atoms with Gasteiger partial charge in [0.2, 0.25) is 0 Å². The maximum atomic E-state index is 12.0. The molecule has 1 N–H and O–H groups in total. The summed E-state index contributed by atoms with van der Waals surface area (Å²) in [4.78, 5) is 10.7. The van der Waals surface area contributed by atoms with E-state index in [4.69, 9.17) is 14.2 Å². The van der Waals surface area contributed by atoms with E-state index in [1.165, 1.54) is 19.2 Å². The molecule has 1 rings (SSSR count). The molecule has 2 atom stereocenters. The lowest BCUT2D eigenvalue weighted by Gasteiger charge is -2.15. The van der Waals surface area contributed by atoms with E-state index in [1.807, 2.05) is 0 Å². The molecule has 0 spiro atoms. The largest absolute Gasteiger partial charge is 0.478 e. The summed E-state index contributed by atoms with van der Waals surface area (Å²) in [6.07, 6.45) is 0. The van der Waals surface area contributed by atoms with E-state index in [0.29, 0.717) is 12.5 Å². The highest BCUT2D eigenvalue weighted by Crippen LogP contribution is 2.51. The maximum absolute atomic E-state index is 12.0. The van der Waals surface area contributed by atoms with Crippen molar-refractivity contribution in [3.05, 3.63) is 29.8 Å². The van der Waals surface area contributed by atoms with Gasteiger partial charge in [-0.15, -0.1) is 0 Å². The number of rotatable bonds is 7. The molecule has 0 bridgehead atoms. The van der Waals surface area contributed by atoms with Gasteiger partial charge < -0.3 is 14.2 Å². The normalized spacial score (nSPS) is 14.8. The standard InChI is InChI=1S/C11H16O5P2/c1-3-16-18(14,15-2)8-17-10-6-4-9(5-7-10)11(12)13/h4-7,17H,3,8H2,1-2H3,(H,12,13). The Labute approximate surface area is 108 Å². The summed E-state index contributed by atoms with van der Waals surface area (Å²) < 4.78 is 22.0. The first kappa shape index (κ1) is 15.3. The van der Waals surface area contributed by atoms with Crippen LogP contribution >= 0.6 is 16.2 Å². The Hall–Kier alpha value is -0.730. The number of aromatic carboxylic acids is 1. The molecule has 1 aromatic rings. The van der Waals surface area contributed by atoms with Gasteiger partial charge in [0.1, 0.15) is 0 Å². The van der Waals surface area contributed by atoms with Crippen molar-refractivity contribution in [2.75, 3.05) is 19.6 Å². The zero-order valence-corrected chi connectivity index (χ0v) is 12.1. The molecular formula is C11H16O5P2. The summed E-state index contributed by atoms with van der Waals surface area (Å²) >= 11 is 0. The Balaban J connectivity index is 2.63. The summed E-state index contributed by atoms with van der Waals surface area (Å²) in [7, 11) is -1.37. The van der Waals surface area contributed by atoms with Crippen molar-refractivity contribution in [1.82, 2.24) is 0 Å². The van der Waals surface area contributed by atoms with Crippen LogP contribution in [0.2, 0.25) is 0 Å². The third-order valence-corrected chi connectivity index (χ3v) is 6.34. The van der Waals surface area contributed by atoms with Crippen molar-refractivity contribution in [2.45, 2.75) is 6.92 Å². The summed E-state index contributed by atoms with van der Waals surface area (Å²) in [5.41, 5.74) is 0.239. The van der Waals surface area contributed by atoms with Crippen molar-refractivity contribution in [2.24, 2.45) is 0 Å². The molecule has 7 heteroatoms. The molecule has 0 amide bonds. The van der Waals surface area contributed by atoms with Gasteiger partial charge in [-0.1, -0.05) is 20.7 Å². The van der Waals surface area contributed by atoms with Gasteiger partial charge in [-0.2, -0.15) is 0 Å². The van der Waals surface area contributed by atoms with Crippen molar-refractivity contribution in [3.63, 3.8) is 0 Å². The lowest BCUT2D eigenvalue weighted by Crippen LogP contribution is -2.02. The summed E-state index contributed by atoms with van der Waals surface area (Å²) in [5.74, 6) is -0.647. The fraction of sp³-hybridized carbons (Fsp3) is 0.364. The van der Waals surface area contributed by atoms with E-state index in [9.17, 15) is 9.36 Å². The molecule has 0 aliphatic rings. The van der Waals surface area contributed by atoms with Gasteiger partial charge in [0.05, 0.1) is 18.1 Å². The number of carbonyl (C=O) groups is 1. The topological polar surface area (TPSA) is 72.8 Å². The van der Waals surface area contributed by atoms with Crippen LogP contribution in [0.25, 0.3) is 0 Å². The zero-order valence-electron chi connectivity index (χ0n) is 10.3. The van der Waals surface area contributed by atoms with Crippen LogP contribution in [0.1, 0.15) is 17.3 Å². The second-order valence-corrected chi connectivity index (χ2v) is 7.47. The van der Waals surface area contributed by atoms with Crippen LogP contribution in [0.3, 0.4) is 0 Å². The second-order valence-electron chi connectivity index (χ2n) is 3.43. The van der Waals surface area contributed by atoms with E-state index < -0.39 is 13.6 Å². The molecule has 5 nitrogen and oxygen atoms in total. The smallest absolute Gasteiger partial charge is 0.335 e. The van der Waals surface area contributed by atoms with E-state index in [0.717, 1.165) is 5.30 Å². The Kier molecular flexibility index (Phi) is 5.97. The number of carboxylic acid groups (broad SMARTS) is 1. The number of benzene rings is 1. The molecule has 0 saturated heterocycles. The van der Waals surface area contributed by atoms with Crippen LogP contribution in [0.5, 0.6) is 0 Å². The van der Waals surface area contributed by atoms with Gasteiger partial charge in [0, 0.05) is 7.11 Å². The molecule has 0 saturated carbocycles. The predicted molar refractivity (Wildman–Crippen MR) is 72.5 cm³/mol. The molecule has 0 fully saturated rings. The SMILES string of the molecule is CCOP(=O)(CPc1ccc(C(=O)O)cc1)OC. The highest BCUT2D eigenvalue weighted by Gasteiger charge is 2.21. The van der Waals surface area contributed by atoms with Gasteiger partial charge in [-0.3, -0.25) is 4.57 Å². The molecule has 0 aliphatic carbocycles. The van der Waals surface area contributed by atoms with Gasteiger partial charge in [-0.25, -0.2) is 4.79 Å². The molecule has 0 aromatic heterocycles. The van der Waals surface area contributed by atoms with Gasteiger partial charge >= 0.3 is 13.6 Å². The molecular weight excluding hydrogens is 274 g/mol. The lowest BCUT2D eigenvalue weighted by molar-refractivity contribution is 0.0697. The quantitative estimate of drug-likeness (QED) is 0.781. The molecule has 0 radical (unpaired) electrons. The van der Waals surface area contributed by atoms with Crippen LogP contribution in [0.15, 0.2) is 24.3 Å². The average Bonchev–Trinajstić information content (AvgIpc) is 2.37. The number of hydrogen-bond acceptors (Lipinski definition) is 4. The van der Waals surface area contributed by atoms with Crippen LogP contribution in [0.4, 0.5) is 0 Å². The van der Waals surface area contributed by atoms with E-state index in [1.54, 1.807) is 19.1 Å². The van der Waals surface area contributed by atoms with E-state index >= 15 is 0 Å². The van der Waals surface area contributed by atoms with Crippen molar-refractivity contribution < 1.29 is 23.5 Å². The monoisotopic (exact) mass is 290 g/mol. The van der Waals surface area contributed by atoms with Crippen molar-refractivity contribution in [1.29, 1.82) is 0 Å². The maximum Gasteiger partial charge on any atom is 0.335 e. The van der Waals surface area contributed by atoms with Gasteiger partial charge in [0.25, 0.3) is 0 Å². The Bertz CT molecular complexity index is 443. The first-order valence-corrected chi connectivity index (χ1v) is 8.31. The van der Waals surface area contributed by atoms with Gasteiger partial charge in [-0.05, 0) is 24.4 Å². The predicted octanol–water partition coefficient (Wildman–Crippen LogP) is 2.52. The average molecular weight is 290 g/mol.